The number of nitrogens with zero attached hydrogens (tertiary/aromatic N) is 2. The minimum absolute atomic E-state index is 0.0359. The van der Waals surface area contributed by atoms with Crippen LogP contribution in [0.25, 0.3) is 0 Å². The lowest BCUT2D eigenvalue weighted by molar-refractivity contribution is -0.136. The summed E-state index contributed by atoms with van der Waals surface area (Å²) in [6, 6.07) is 1.66. The Bertz CT molecular complexity index is 471. The minimum atomic E-state index is -2.77. The van der Waals surface area contributed by atoms with Crippen molar-refractivity contribution in [1.29, 1.82) is 5.26 Å². The van der Waals surface area contributed by atoms with Gasteiger partial charge in [0.1, 0.15) is 6.07 Å². The number of pyridine rings is 1. The van der Waals surface area contributed by atoms with Crippen molar-refractivity contribution in [2.45, 2.75) is 12.8 Å². The van der Waals surface area contributed by atoms with Gasteiger partial charge in [0, 0.05) is 10.7 Å². The first-order valence-corrected chi connectivity index (χ1v) is 4.84. The number of carboxylic acids is 1. The lowest BCUT2D eigenvalue weighted by Gasteiger charge is -2.07. The number of hydrogen-bond donors (Lipinski definition) is 1. The maximum absolute atomic E-state index is 12.4. The molecule has 1 N–H and O–H groups in total. The maximum atomic E-state index is 12.4. The molecule has 0 fully saturated rings. The quantitative estimate of drug-likeness (QED) is 0.927. The zero-order valence-corrected chi connectivity index (χ0v) is 9.33. The van der Waals surface area contributed by atoms with Gasteiger partial charge in [0.25, 0.3) is 6.43 Å². The molecule has 0 amide bonds. The highest BCUT2D eigenvalue weighted by Crippen LogP contribution is 2.30. The van der Waals surface area contributed by atoms with Crippen LogP contribution in [0.3, 0.4) is 0 Å². The van der Waals surface area contributed by atoms with Crippen LogP contribution in [0.4, 0.5) is 8.78 Å². The normalized spacial score (nSPS) is 10.2. The minimum Gasteiger partial charge on any atom is -0.481 e. The maximum Gasteiger partial charge on any atom is 0.309 e. The second kappa shape index (κ2) is 4.99. The standard InChI is InChI=1S/C9H5BrF2N2O2/c10-8-4(2-13)6(1-7(15)16)14-3-5(8)9(11)12/h3,9H,1H2,(H,15,16). The van der Waals surface area contributed by atoms with E-state index in [1.807, 2.05) is 0 Å². The van der Waals surface area contributed by atoms with Crippen molar-refractivity contribution in [2.75, 3.05) is 0 Å². The second-order valence-corrected chi connectivity index (χ2v) is 3.63. The van der Waals surface area contributed by atoms with Crippen LogP contribution in [0.1, 0.15) is 23.2 Å². The van der Waals surface area contributed by atoms with Gasteiger partial charge in [-0.1, -0.05) is 0 Å². The van der Waals surface area contributed by atoms with Gasteiger partial charge in [0.05, 0.1) is 23.2 Å². The molecule has 0 aliphatic rings. The molecule has 1 rings (SSSR count). The summed E-state index contributed by atoms with van der Waals surface area (Å²) < 4.78 is 24.8. The molecule has 0 spiro atoms. The smallest absolute Gasteiger partial charge is 0.309 e. The van der Waals surface area contributed by atoms with Crippen LogP contribution >= 0.6 is 15.9 Å². The number of rotatable bonds is 3. The average molecular weight is 291 g/mol. The van der Waals surface area contributed by atoms with E-state index in [4.69, 9.17) is 10.4 Å². The Morgan fingerprint density at radius 2 is 2.31 bits per heavy atom. The Balaban J connectivity index is 3.31. The number of nitriles is 1. The van der Waals surface area contributed by atoms with Crippen LogP contribution in [0.2, 0.25) is 0 Å². The Morgan fingerprint density at radius 3 is 2.75 bits per heavy atom. The summed E-state index contributed by atoms with van der Waals surface area (Å²) >= 11 is 2.85. The number of hydrogen-bond acceptors (Lipinski definition) is 3. The van der Waals surface area contributed by atoms with E-state index >= 15 is 0 Å². The molecule has 7 heteroatoms. The second-order valence-electron chi connectivity index (χ2n) is 2.83. The third-order valence-corrected chi connectivity index (χ3v) is 2.64. The van der Waals surface area contributed by atoms with Gasteiger partial charge in [-0.05, 0) is 15.9 Å². The summed E-state index contributed by atoms with van der Waals surface area (Å²) in [6.07, 6.45) is -2.38. The number of carboxylic acid groups (broad SMARTS) is 1. The lowest BCUT2D eigenvalue weighted by atomic mass is 10.1. The van der Waals surface area contributed by atoms with E-state index in [9.17, 15) is 13.6 Å². The van der Waals surface area contributed by atoms with Crippen LogP contribution in [-0.2, 0) is 11.2 Å². The molecule has 84 valence electrons. The molecular formula is C9H5BrF2N2O2. The molecule has 0 aliphatic carbocycles. The largest absolute Gasteiger partial charge is 0.481 e. The molecule has 1 heterocycles. The summed E-state index contributed by atoms with van der Waals surface area (Å²) in [5.74, 6) is -1.18. The van der Waals surface area contributed by atoms with E-state index < -0.39 is 24.4 Å². The fraction of sp³-hybridized carbons (Fsp3) is 0.222. The predicted octanol–water partition coefficient (Wildman–Crippen LogP) is 2.28. The molecule has 1 aromatic heterocycles. The highest BCUT2D eigenvalue weighted by Gasteiger charge is 2.19. The Morgan fingerprint density at radius 1 is 1.69 bits per heavy atom. The molecule has 0 atom stereocenters. The predicted molar refractivity (Wildman–Crippen MR) is 52.9 cm³/mol. The van der Waals surface area contributed by atoms with Gasteiger partial charge in [-0.2, -0.15) is 5.26 Å². The van der Waals surface area contributed by atoms with Crippen molar-refractivity contribution in [3.05, 3.63) is 27.5 Å². The highest BCUT2D eigenvalue weighted by molar-refractivity contribution is 9.10. The van der Waals surface area contributed by atoms with E-state index in [1.54, 1.807) is 6.07 Å². The van der Waals surface area contributed by atoms with Crippen molar-refractivity contribution >= 4 is 21.9 Å². The molecule has 1 aromatic rings. The van der Waals surface area contributed by atoms with Crippen molar-refractivity contribution < 1.29 is 18.7 Å². The summed E-state index contributed by atoms with van der Waals surface area (Å²) in [5.41, 5.74) is -0.628. The third kappa shape index (κ3) is 2.52. The van der Waals surface area contributed by atoms with Crippen LogP contribution in [-0.4, -0.2) is 16.1 Å². The van der Waals surface area contributed by atoms with Gasteiger partial charge in [0.2, 0.25) is 0 Å². The van der Waals surface area contributed by atoms with Gasteiger partial charge in [-0.25, -0.2) is 8.78 Å². The van der Waals surface area contributed by atoms with Gasteiger partial charge in [-0.15, -0.1) is 0 Å². The van der Waals surface area contributed by atoms with Crippen molar-refractivity contribution in [1.82, 2.24) is 4.98 Å². The number of halogens is 3. The SMILES string of the molecule is N#Cc1c(CC(=O)O)ncc(C(F)F)c1Br. The molecule has 0 unspecified atom stereocenters. The van der Waals surface area contributed by atoms with Crippen LogP contribution < -0.4 is 0 Å². The van der Waals surface area contributed by atoms with E-state index in [0.29, 0.717) is 0 Å². The van der Waals surface area contributed by atoms with Crippen molar-refractivity contribution in [3.8, 4) is 6.07 Å². The third-order valence-electron chi connectivity index (χ3n) is 1.79. The summed E-state index contributed by atoms with van der Waals surface area (Å²) in [4.78, 5) is 14.0. The van der Waals surface area contributed by atoms with Crippen molar-refractivity contribution in [3.63, 3.8) is 0 Å². The highest BCUT2D eigenvalue weighted by atomic mass is 79.9. The Labute approximate surface area is 97.7 Å². The van der Waals surface area contributed by atoms with E-state index in [1.165, 1.54) is 0 Å². The topological polar surface area (TPSA) is 74.0 Å². The van der Waals surface area contributed by atoms with Gasteiger partial charge in [-0.3, -0.25) is 9.78 Å². The molecule has 16 heavy (non-hydrogen) atoms. The van der Waals surface area contributed by atoms with Gasteiger partial charge < -0.3 is 5.11 Å². The summed E-state index contributed by atoms with van der Waals surface area (Å²) in [5, 5.41) is 17.3. The van der Waals surface area contributed by atoms with Crippen molar-refractivity contribution in [2.24, 2.45) is 0 Å². The average Bonchev–Trinajstić information content (AvgIpc) is 2.16. The first-order valence-electron chi connectivity index (χ1n) is 4.04. The fourth-order valence-electron chi connectivity index (χ4n) is 1.08. The molecule has 0 aromatic carbocycles. The van der Waals surface area contributed by atoms with Crippen LogP contribution in [0.5, 0.6) is 0 Å². The molecule has 0 saturated heterocycles. The van der Waals surface area contributed by atoms with E-state index in [2.05, 4.69) is 20.9 Å². The lowest BCUT2D eigenvalue weighted by Crippen LogP contribution is -2.06. The van der Waals surface area contributed by atoms with E-state index in [0.717, 1.165) is 6.20 Å². The van der Waals surface area contributed by atoms with Gasteiger partial charge >= 0.3 is 5.97 Å². The zero-order valence-electron chi connectivity index (χ0n) is 7.75. The molecule has 0 aliphatic heterocycles. The van der Waals surface area contributed by atoms with E-state index in [-0.39, 0.29) is 15.7 Å². The summed E-state index contributed by atoms with van der Waals surface area (Å²) in [7, 11) is 0. The number of carbonyl (C=O) groups is 1. The number of aliphatic carboxylic acids is 1. The first-order chi connectivity index (χ1) is 7.47. The number of alkyl halides is 2. The molecule has 4 nitrogen and oxygen atoms in total. The Hall–Kier alpha value is -1.55. The molecule has 0 bridgehead atoms. The summed E-state index contributed by atoms with van der Waals surface area (Å²) in [6.45, 7) is 0. The monoisotopic (exact) mass is 290 g/mol. The Kier molecular flexibility index (Phi) is 3.90. The first kappa shape index (κ1) is 12.5. The van der Waals surface area contributed by atoms with Crippen LogP contribution in [0.15, 0.2) is 10.7 Å². The molecule has 0 saturated carbocycles. The van der Waals surface area contributed by atoms with Crippen LogP contribution in [0, 0.1) is 11.3 Å². The molecular weight excluding hydrogens is 286 g/mol. The van der Waals surface area contributed by atoms with Gasteiger partial charge in [0.15, 0.2) is 0 Å². The fourth-order valence-corrected chi connectivity index (χ4v) is 1.68. The number of aromatic nitrogens is 1. The molecule has 0 radical (unpaired) electrons. The zero-order chi connectivity index (χ0) is 12.3.